The van der Waals surface area contributed by atoms with Gasteiger partial charge in [0.05, 0.1) is 18.1 Å². The highest BCUT2D eigenvalue weighted by molar-refractivity contribution is 7.46. The molecule has 1 amide bonds. The van der Waals surface area contributed by atoms with Crippen molar-refractivity contribution >= 4 is 36.7 Å². The minimum atomic E-state index is -4.83. The van der Waals surface area contributed by atoms with Gasteiger partial charge in [-0.25, -0.2) is 18.7 Å². The summed E-state index contributed by atoms with van der Waals surface area (Å²) in [6.45, 7) is -0.669. The van der Waals surface area contributed by atoms with Crippen molar-refractivity contribution in [1.29, 1.82) is 0 Å². The van der Waals surface area contributed by atoms with Crippen molar-refractivity contribution in [3.8, 4) is 0 Å². The van der Waals surface area contributed by atoms with Gasteiger partial charge < -0.3 is 14.5 Å². The van der Waals surface area contributed by atoms with Gasteiger partial charge in [0.2, 0.25) is 5.95 Å². The molecule has 0 bridgehead atoms. The molecule has 0 aliphatic carbocycles. The Morgan fingerprint density at radius 1 is 1.21 bits per heavy atom. The molecule has 0 saturated carbocycles. The molecule has 2 aromatic carbocycles. The highest BCUT2D eigenvalue weighted by Crippen LogP contribution is 2.37. The maximum absolute atomic E-state index is 13.4. The predicted molar refractivity (Wildman–Crippen MR) is 98.7 cm³/mol. The van der Waals surface area contributed by atoms with Crippen LogP contribution in [0.5, 0.6) is 0 Å². The number of amides is 1. The average Bonchev–Trinajstić information content (AvgIpc) is 3.01. The zero-order chi connectivity index (χ0) is 21.2. The van der Waals surface area contributed by atoms with Gasteiger partial charge in [-0.05, 0) is 30.3 Å². The summed E-state index contributed by atoms with van der Waals surface area (Å²) in [5.74, 6) is -1.16. The summed E-state index contributed by atoms with van der Waals surface area (Å²) in [7, 11) is -3.70. The second kappa shape index (κ2) is 8.10. The molecular weight excluding hydrogens is 408 g/mol. The number of phosphoric ester groups is 1. The van der Waals surface area contributed by atoms with Gasteiger partial charge in [-0.3, -0.25) is 19.2 Å². The van der Waals surface area contributed by atoms with Gasteiger partial charge in [0.1, 0.15) is 12.5 Å². The molecule has 0 saturated heterocycles. The van der Waals surface area contributed by atoms with Crippen molar-refractivity contribution in [2.45, 2.75) is 6.73 Å². The van der Waals surface area contributed by atoms with E-state index in [1.54, 1.807) is 0 Å². The topological polar surface area (TPSA) is 140 Å². The molecule has 0 aliphatic heterocycles. The van der Waals surface area contributed by atoms with Crippen molar-refractivity contribution < 1.29 is 37.6 Å². The number of ketones is 1. The Labute approximate surface area is 163 Å². The van der Waals surface area contributed by atoms with Crippen molar-refractivity contribution in [1.82, 2.24) is 9.55 Å². The molecule has 12 heteroatoms. The summed E-state index contributed by atoms with van der Waals surface area (Å²) < 4.78 is 34.6. The fraction of sp³-hybridized carbons (Fsp3) is 0.118. The van der Waals surface area contributed by atoms with Crippen LogP contribution in [-0.2, 0) is 20.6 Å². The van der Waals surface area contributed by atoms with Crippen LogP contribution in [0, 0.1) is 5.82 Å². The number of hydrogen-bond donors (Lipinski definition) is 3. The third kappa shape index (κ3) is 4.84. The van der Waals surface area contributed by atoms with Crippen LogP contribution in [0.2, 0.25) is 0 Å². The smallest absolute Gasteiger partial charge is 0.453 e. The van der Waals surface area contributed by atoms with Crippen LogP contribution in [0.4, 0.5) is 15.1 Å². The number of carbonyl (C=O) groups excluding carboxylic acids is 2. The number of carbonyl (C=O) groups is 2. The van der Waals surface area contributed by atoms with E-state index in [0.717, 1.165) is 17.7 Å². The molecule has 0 fully saturated rings. The monoisotopic (exact) mass is 423 g/mol. The van der Waals surface area contributed by atoms with Gasteiger partial charge in [0.15, 0.2) is 5.78 Å². The maximum atomic E-state index is 13.4. The molecule has 0 atom stereocenters. The number of anilines is 1. The van der Waals surface area contributed by atoms with E-state index >= 15 is 0 Å². The lowest BCUT2D eigenvalue weighted by molar-refractivity contribution is 0.103. The molecule has 0 aliphatic rings. The number of methoxy groups -OCH3 is 1. The van der Waals surface area contributed by atoms with Gasteiger partial charge in [0, 0.05) is 11.1 Å². The second-order valence-electron chi connectivity index (χ2n) is 5.77. The number of rotatable bonds is 6. The molecule has 0 spiro atoms. The van der Waals surface area contributed by atoms with Crippen molar-refractivity contribution in [3.05, 3.63) is 59.4 Å². The van der Waals surface area contributed by atoms with Crippen LogP contribution in [-0.4, -0.2) is 38.3 Å². The van der Waals surface area contributed by atoms with Gasteiger partial charge >= 0.3 is 13.9 Å². The number of nitrogens with zero attached hydrogens (tertiary/aromatic N) is 2. The molecular formula is C17H15FN3O7P. The van der Waals surface area contributed by atoms with Crippen LogP contribution in [0.3, 0.4) is 0 Å². The molecule has 1 heterocycles. The molecule has 10 nitrogen and oxygen atoms in total. The number of ether oxygens (including phenoxy) is 1. The predicted octanol–water partition coefficient (Wildman–Crippen LogP) is 2.65. The molecule has 1 aromatic heterocycles. The standard InChI is InChI=1S/C17H15FN3O7P/c1-27-17(23)20-16-19-13-6-5-11(15(22)10-3-2-4-12(18)7-10)8-14(13)21(16)9-28-29(24,25)26/h2-8H,9H2,1H3,(H,19,20,23)(H2,24,25,26). The Bertz CT molecular complexity index is 1140. The minimum absolute atomic E-state index is 0.115. The van der Waals surface area contributed by atoms with Crippen LogP contribution in [0.1, 0.15) is 15.9 Å². The molecule has 0 radical (unpaired) electrons. The van der Waals surface area contributed by atoms with E-state index in [1.165, 1.54) is 36.4 Å². The van der Waals surface area contributed by atoms with Crippen molar-refractivity contribution in [2.75, 3.05) is 12.4 Å². The first-order valence-corrected chi connectivity index (χ1v) is 9.56. The van der Waals surface area contributed by atoms with Crippen molar-refractivity contribution in [2.24, 2.45) is 0 Å². The van der Waals surface area contributed by atoms with E-state index in [4.69, 9.17) is 9.79 Å². The molecule has 3 rings (SSSR count). The van der Waals surface area contributed by atoms with Gasteiger partial charge in [-0.2, -0.15) is 0 Å². The number of halogens is 1. The molecule has 29 heavy (non-hydrogen) atoms. The first-order chi connectivity index (χ1) is 13.7. The van der Waals surface area contributed by atoms with Gasteiger partial charge in [-0.15, -0.1) is 0 Å². The summed E-state index contributed by atoms with van der Waals surface area (Å²) in [6, 6.07) is 9.47. The van der Waals surface area contributed by atoms with E-state index in [9.17, 15) is 18.5 Å². The van der Waals surface area contributed by atoms with Gasteiger partial charge in [0.25, 0.3) is 0 Å². The molecule has 3 N–H and O–H groups in total. The third-order valence-electron chi connectivity index (χ3n) is 3.85. The summed E-state index contributed by atoms with van der Waals surface area (Å²) in [5, 5.41) is 2.30. The van der Waals surface area contributed by atoms with Gasteiger partial charge in [-0.1, -0.05) is 12.1 Å². The number of imidazole rings is 1. The fourth-order valence-corrected chi connectivity index (χ4v) is 2.83. The maximum Gasteiger partial charge on any atom is 0.471 e. The number of nitrogens with one attached hydrogen (secondary N) is 1. The lowest BCUT2D eigenvalue weighted by Gasteiger charge is -2.11. The molecule has 3 aromatic rings. The Morgan fingerprint density at radius 3 is 2.59 bits per heavy atom. The van der Waals surface area contributed by atoms with Crippen molar-refractivity contribution in [3.63, 3.8) is 0 Å². The average molecular weight is 423 g/mol. The lowest BCUT2D eigenvalue weighted by atomic mass is 10.0. The van der Waals surface area contributed by atoms with E-state index in [2.05, 4.69) is 19.6 Å². The quantitative estimate of drug-likeness (QED) is 0.406. The molecule has 0 unspecified atom stereocenters. The highest BCUT2D eigenvalue weighted by Gasteiger charge is 2.20. The number of hydrogen-bond acceptors (Lipinski definition) is 6. The van der Waals surface area contributed by atoms with E-state index < -0.39 is 32.2 Å². The zero-order valence-corrected chi connectivity index (χ0v) is 15.8. The third-order valence-corrected chi connectivity index (χ3v) is 4.30. The number of phosphoric acid groups is 1. The zero-order valence-electron chi connectivity index (χ0n) is 14.9. The highest BCUT2D eigenvalue weighted by atomic mass is 31.2. The summed E-state index contributed by atoms with van der Waals surface area (Å²) in [6.07, 6.45) is -0.867. The van der Waals surface area contributed by atoms with Crippen LogP contribution >= 0.6 is 7.82 Å². The number of benzene rings is 2. The Hall–Kier alpha value is -3.11. The lowest BCUT2D eigenvalue weighted by Crippen LogP contribution is -2.16. The Balaban J connectivity index is 2.06. The summed E-state index contributed by atoms with van der Waals surface area (Å²) >= 11 is 0. The first-order valence-electron chi connectivity index (χ1n) is 8.03. The van der Waals surface area contributed by atoms with Crippen LogP contribution < -0.4 is 5.32 Å². The summed E-state index contributed by atoms with van der Waals surface area (Å²) in [4.78, 5) is 46.3. The second-order valence-corrected chi connectivity index (χ2v) is 7.01. The number of aromatic nitrogens is 2. The van der Waals surface area contributed by atoms with Crippen LogP contribution in [0.25, 0.3) is 11.0 Å². The Morgan fingerprint density at radius 2 is 1.93 bits per heavy atom. The SMILES string of the molecule is COC(=O)Nc1nc2ccc(C(=O)c3cccc(F)c3)cc2n1COP(=O)(O)O. The minimum Gasteiger partial charge on any atom is -0.453 e. The largest absolute Gasteiger partial charge is 0.471 e. The number of fused-ring (bicyclic) bond motifs is 1. The normalized spacial score (nSPS) is 11.4. The Kier molecular flexibility index (Phi) is 5.76. The van der Waals surface area contributed by atoms with E-state index in [-0.39, 0.29) is 22.6 Å². The fourth-order valence-electron chi connectivity index (χ4n) is 2.56. The van der Waals surface area contributed by atoms with E-state index in [1.807, 2.05) is 0 Å². The van der Waals surface area contributed by atoms with Crippen LogP contribution in [0.15, 0.2) is 42.5 Å². The van der Waals surface area contributed by atoms with E-state index in [0.29, 0.717) is 5.52 Å². The first kappa shape index (κ1) is 20.6. The molecule has 152 valence electrons. The summed E-state index contributed by atoms with van der Waals surface area (Å²) in [5.41, 5.74) is 0.841.